The lowest BCUT2D eigenvalue weighted by Crippen LogP contribution is -1.92. The van der Waals surface area contributed by atoms with Crippen molar-refractivity contribution in [2.45, 2.75) is 0 Å². The molecule has 0 aliphatic carbocycles. The van der Waals surface area contributed by atoms with E-state index in [2.05, 4.69) is 249 Å². The number of rotatable bonds is 8. The molecule has 1 heterocycles. The van der Waals surface area contributed by atoms with E-state index in [1.165, 1.54) is 66.1 Å². The molecule has 10 aromatic carbocycles. The van der Waals surface area contributed by atoms with Gasteiger partial charge in [-0.2, -0.15) is 0 Å². The number of hydrogen-bond donors (Lipinski definition) is 0. The zero-order valence-electron chi connectivity index (χ0n) is 34.1. The van der Waals surface area contributed by atoms with Crippen molar-refractivity contribution in [2.24, 2.45) is 0 Å². The predicted molar refractivity (Wildman–Crippen MR) is 263 cm³/mol. The maximum atomic E-state index is 5.42. The molecule has 0 N–H and O–H groups in total. The molecule has 1 heteroatoms. The summed E-state index contributed by atoms with van der Waals surface area (Å²) < 4.78 is 0. The molecule has 0 radical (unpaired) electrons. The molecule has 1 nitrogen and oxygen atoms in total. The molecule has 0 aliphatic heterocycles. The van der Waals surface area contributed by atoms with Gasteiger partial charge in [-0.3, -0.25) is 0 Å². The van der Waals surface area contributed by atoms with E-state index in [0.717, 1.165) is 44.8 Å². The van der Waals surface area contributed by atoms with Gasteiger partial charge in [-0.1, -0.05) is 206 Å². The molecule has 0 aliphatic rings. The molecule has 0 saturated carbocycles. The van der Waals surface area contributed by atoms with E-state index in [0.29, 0.717) is 0 Å². The largest absolute Gasteiger partial charge is 0.248 e. The fourth-order valence-electron chi connectivity index (χ4n) is 8.79. The molecule has 0 amide bonds. The highest BCUT2D eigenvalue weighted by Gasteiger charge is 2.13. The van der Waals surface area contributed by atoms with Gasteiger partial charge in [-0.25, -0.2) is 4.98 Å². The third-order valence-electron chi connectivity index (χ3n) is 12.0. The van der Waals surface area contributed by atoms with E-state index in [9.17, 15) is 0 Å². The number of benzene rings is 10. The minimum atomic E-state index is 0.931. The van der Waals surface area contributed by atoms with E-state index in [1.807, 2.05) is 0 Å². The zero-order chi connectivity index (χ0) is 41.2. The van der Waals surface area contributed by atoms with Crippen LogP contribution in [-0.4, -0.2) is 4.98 Å². The van der Waals surface area contributed by atoms with Gasteiger partial charge in [0.05, 0.1) is 11.4 Å². The van der Waals surface area contributed by atoms with E-state index in [1.54, 1.807) is 0 Å². The van der Waals surface area contributed by atoms with Crippen LogP contribution in [0.3, 0.4) is 0 Å². The first kappa shape index (κ1) is 36.9. The molecule has 0 fully saturated rings. The van der Waals surface area contributed by atoms with Gasteiger partial charge in [0.1, 0.15) is 0 Å². The monoisotopic (exact) mass is 787 g/mol. The van der Waals surface area contributed by atoms with Crippen LogP contribution in [0.1, 0.15) is 0 Å². The van der Waals surface area contributed by atoms with Crippen LogP contribution in [0.4, 0.5) is 0 Å². The number of aromatic nitrogens is 1. The predicted octanol–water partition coefficient (Wildman–Crippen LogP) is 16.7. The van der Waals surface area contributed by atoms with Gasteiger partial charge in [0.2, 0.25) is 0 Å². The van der Waals surface area contributed by atoms with Crippen LogP contribution in [-0.2, 0) is 0 Å². The van der Waals surface area contributed by atoms with Crippen molar-refractivity contribution in [3.8, 4) is 89.3 Å². The molecule has 290 valence electrons. The number of hydrogen-bond acceptors (Lipinski definition) is 1. The van der Waals surface area contributed by atoms with Crippen molar-refractivity contribution in [1.29, 1.82) is 0 Å². The molecule has 0 bridgehead atoms. The Morgan fingerprint density at radius 2 is 0.581 bits per heavy atom. The third-order valence-corrected chi connectivity index (χ3v) is 12.0. The van der Waals surface area contributed by atoms with Crippen LogP contribution in [0.25, 0.3) is 111 Å². The summed E-state index contributed by atoms with van der Waals surface area (Å²) in [6.45, 7) is 0. The lowest BCUT2D eigenvalue weighted by Gasteiger charge is -2.13. The van der Waals surface area contributed by atoms with Crippen LogP contribution in [0.2, 0.25) is 0 Å². The molecular formula is C61H41N. The van der Waals surface area contributed by atoms with Crippen molar-refractivity contribution in [1.82, 2.24) is 4.98 Å². The summed E-state index contributed by atoms with van der Waals surface area (Å²) in [5, 5.41) is 4.97. The molecular weight excluding hydrogens is 747 g/mol. The Kier molecular flexibility index (Phi) is 9.61. The molecule has 62 heavy (non-hydrogen) atoms. The normalized spacial score (nSPS) is 11.2. The lowest BCUT2D eigenvalue weighted by atomic mass is 9.93. The van der Waals surface area contributed by atoms with Gasteiger partial charge in [0, 0.05) is 11.1 Å². The highest BCUT2D eigenvalue weighted by molar-refractivity contribution is 5.97. The van der Waals surface area contributed by atoms with Crippen molar-refractivity contribution >= 4 is 21.5 Å². The zero-order valence-corrected chi connectivity index (χ0v) is 34.1. The first-order valence-corrected chi connectivity index (χ1v) is 21.3. The Morgan fingerprint density at radius 1 is 0.194 bits per heavy atom. The second kappa shape index (κ2) is 16.1. The van der Waals surface area contributed by atoms with Crippen LogP contribution in [0, 0.1) is 0 Å². The Hall–Kier alpha value is -8.13. The third kappa shape index (κ3) is 7.38. The Labute approximate surface area is 362 Å². The summed E-state index contributed by atoms with van der Waals surface area (Å²) in [6.07, 6.45) is 0. The summed E-state index contributed by atoms with van der Waals surface area (Å²) >= 11 is 0. The van der Waals surface area contributed by atoms with Crippen LogP contribution >= 0.6 is 0 Å². The summed E-state index contributed by atoms with van der Waals surface area (Å²) in [5.74, 6) is 0. The molecule has 0 unspecified atom stereocenters. The van der Waals surface area contributed by atoms with Gasteiger partial charge in [-0.05, 0) is 131 Å². The van der Waals surface area contributed by atoms with E-state index >= 15 is 0 Å². The molecule has 0 saturated heterocycles. The smallest absolute Gasteiger partial charge is 0.0715 e. The molecule has 1 aromatic heterocycles. The van der Waals surface area contributed by atoms with Gasteiger partial charge in [0.15, 0.2) is 0 Å². The minimum Gasteiger partial charge on any atom is -0.248 e. The van der Waals surface area contributed by atoms with Crippen LogP contribution in [0.15, 0.2) is 249 Å². The van der Waals surface area contributed by atoms with Gasteiger partial charge < -0.3 is 0 Å². The Bertz CT molecular complexity index is 3390. The van der Waals surface area contributed by atoms with E-state index in [-0.39, 0.29) is 0 Å². The standard InChI is InChI=1S/C61H41N/c1-2-13-42(14-3-1)48-19-8-20-49(35-48)44-29-31-45(32-30-44)57-40-60(62-61(41-57)56-26-11-23-52(39-56)53-34-33-43-15-4-5-17-47(43)36-53)55-25-10-22-51(38-55)50-21-9-24-54(37-50)59-28-12-18-46-16-6-7-27-58(46)59/h1-41H. The first-order chi connectivity index (χ1) is 30.7. The summed E-state index contributed by atoms with van der Waals surface area (Å²) in [6, 6.07) is 89.7. The van der Waals surface area contributed by atoms with Crippen molar-refractivity contribution in [3.63, 3.8) is 0 Å². The van der Waals surface area contributed by atoms with Crippen LogP contribution in [0.5, 0.6) is 0 Å². The fourth-order valence-corrected chi connectivity index (χ4v) is 8.79. The lowest BCUT2D eigenvalue weighted by molar-refractivity contribution is 1.32. The van der Waals surface area contributed by atoms with Gasteiger partial charge >= 0.3 is 0 Å². The highest BCUT2D eigenvalue weighted by atomic mass is 14.7. The number of nitrogens with zero attached hydrogens (tertiary/aromatic N) is 1. The topological polar surface area (TPSA) is 12.9 Å². The average Bonchev–Trinajstić information content (AvgIpc) is 3.36. The van der Waals surface area contributed by atoms with E-state index < -0.39 is 0 Å². The molecule has 0 spiro atoms. The van der Waals surface area contributed by atoms with Crippen molar-refractivity contribution in [2.75, 3.05) is 0 Å². The van der Waals surface area contributed by atoms with Crippen molar-refractivity contribution in [3.05, 3.63) is 249 Å². The molecule has 11 rings (SSSR count). The number of fused-ring (bicyclic) bond motifs is 2. The second-order valence-corrected chi connectivity index (χ2v) is 16.0. The maximum Gasteiger partial charge on any atom is 0.0715 e. The Balaban J connectivity index is 0.994. The minimum absolute atomic E-state index is 0.931. The highest BCUT2D eigenvalue weighted by Crippen LogP contribution is 2.37. The molecule has 11 aromatic rings. The van der Waals surface area contributed by atoms with Gasteiger partial charge in [-0.15, -0.1) is 0 Å². The van der Waals surface area contributed by atoms with Crippen LogP contribution < -0.4 is 0 Å². The SMILES string of the molecule is c1ccc(-c2cccc(-c3ccc(-c4cc(-c5cccc(-c6cccc(-c7cccc8ccccc78)c6)c5)nc(-c5cccc(-c6ccc7ccccc7c6)c5)c4)cc3)c2)cc1. The summed E-state index contributed by atoms with van der Waals surface area (Å²) in [4.78, 5) is 5.42. The second-order valence-electron chi connectivity index (χ2n) is 16.0. The average molecular weight is 788 g/mol. The fraction of sp³-hybridized carbons (Fsp3) is 0. The summed E-state index contributed by atoms with van der Waals surface area (Å²) in [5.41, 5.74) is 18.2. The first-order valence-electron chi connectivity index (χ1n) is 21.3. The number of pyridine rings is 1. The summed E-state index contributed by atoms with van der Waals surface area (Å²) in [7, 11) is 0. The van der Waals surface area contributed by atoms with Gasteiger partial charge in [0.25, 0.3) is 0 Å². The molecule has 0 atom stereocenters. The Morgan fingerprint density at radius 3 is 1.23 bits per heavy atom. The quantitative estimate of drug-likeness (QED) is 0.149. The maximum absolute atomic E-state index is 5.42. The van der Waals surface area contributed by atoms with Crippen molar-refractivity contribution < 1.29 is 0 Å². The van der Waals surface area contributed by atoms with E-state index in [4.69, 9.17) is 4.98 Å².